The van der Waals surface area contributed by atoms with Gasteiger partial charge in [0.1, 0.15) is 0 Å². The van der Waals surface area contributed by atoms with Crippen molar-refractivity contribution in [2.45, 2.75) is 24.8 Å². The minimum atomic E-state index is -5.21. The molecular formula is C8H15F3N2O2S. The summed E-state index contributed by atoms with van der Waals surface area (Å²) in [5, 5.41) is 3.11. The van der Waals surface area contributed by atoms with Crippen molar-refractivity contribution < 1.29 is 21.6 Å². The zero-order chi connectivity index (χ0) is 12.2. The Balaban J connectivity index is 2.29. The average molecular weight is 260 g/mol. The van der Waals surface area contributed by atoms with Crippen LogP contribution in [0.15, 0.2) is 0 Å². The average Bonchev–Trinajstić information content (AvgIpc) is 2.17. The van der Waals surface area contributed by atoms with Gasteiger partial charge in [-0.2, -0.15) is 13.2 Å². The van der Waals surface area contributed by atoms with Crippen LogP contribution in [0.1, 0.15) is 19.3 Å². The van der Waals surface area contributed by atoms with Gasteiger partial charge in [0.05, 0.1) is 0 Å². The molecule has 0 spiro atoms. The number of hydrogen-bond acceptors (Lipinski definition) is 3. The second kappa shape index (κ2) is 5.33. The number of sulfonamides is 1. The van der Waals surface area contributed by atoms with Gasteiger partial charge in [-0.15, -0.1) is 0 Å². The van der Waals surface area contributed by atoms with Gasteiger partial charge in [-0.25, -0.2) is 13.1 Å². The van der Waals surface area contributed by atoms with Gasteiger partial charge in [-0.05, 0) is 38.3 Å². The van der Waals surface area contributed by atoms with Crippen LogP contribution in [0.2, 0.25) is 0 Å². The maximum absolute atomic E-state index is 11.9. The summed E-state index contributed by atoms with van der Waals surface area (Å²) in [7, 11) is -5.17. The first-order valence-corrected chi connectivity index (χ1v) is 6.58. The lowest BCUT2D eigenvalue weighted by Gasteiger charge is -2.22. The molecule has 8 heteroatoms. The van der Waals surface area contributed by atoms with Crippen LogP contribution < -0.4 is 10.0 Å². The van der Waals surface area contributed by atoms with E-state index >= 15 is 0 Å². The second-order valence-electron chi connectivity index (χ2n) is 3.84. The predicted molar refractivity (Wildman–Crippen MR) is 53.2 cm³/mol. The molecule has 1 unspecified atom stereocenters. The number of nitrogens with one attached hydrogen (secondary N) is 2. The highest BCUT2D eigenvalue weighted by Gasteiger charge is 2.45. The zero-order valence-corrected chi connectivity index (χ0v) is 9.50. The van der Waals surface area contributed by atoms with Crippen molar-refractivity contribution in [1.82, 2.24) is 10.0 Å². The van der Waals surface area contributed by atoms with E-state index in [4.69, 9.17) is 0 Å². The molecule has 2 N–H and O–H groups in total. The molecule has 0 bridgehead atoms. The lowest BCUT2D eigenvalue weighted by atomic mass is 9.96. The quantitative estimate of drug-likeness (QED) is 0.786. The monoisotopic (exact) mass is 260 g/mol. The summed E-state index contributed by atoms with van der Waals surface area (Å²) in [6, 6.07) is 0. The highest BCUT2D eigenvalue weighted by Crippen LogP contribution is 2.22. The molecule has 1 aliphatic rings. The van der Waals surface area contributed by atoms with Gasteiger partial charge in [0, 0.05) is 6.54 Å². The number of piperidine rings is 1. The molecule has 1 rings (SSSR count). The summed E-state index contributed by atoms with van der Waals surface area (Å²) in [5.74, 6) is 0.254. The smallest absolute Gasteiger partial charge is 0.316 e. The summed E-state index contributed by atoms with van der Waals surface area (Å²) < 4.78 is 58.7. The van der Waals surface area contributed by atoms with Crippen LogP contribution in [0.3, 0.4) is 0 Å². The van der Waals surface area contributed by atoms with Gasteiger partial charge in [0.15, 0.2) is 0 Å². The number of rotatable bonds is 4. The van der Waals surface area contributed by atoms with Crippen molar-refractivity contribution in [3.05, 3.63) is 0 Å². The summed E-state index contributed by atoms with van der Waals surface area (Å²) in [5.41, 5.74) is -5.21. The third-order valence-electron chi connectivity index (χ3n) is 2.55. The molecule has 0 aromatic carbocycles. The third kappa shape index (κ3) is 3.91. The Morgan fingerprint density at radius 1 is 1.38 bits per heavy atom. The van der Waals surface area contributed by atoms with E-state index in [-0.39, 0.29) is 12.5 Å². The Labute approximate surface area is 92.6 Å². The highest BCUT2D eigenvalue weighted by atomic mass is 32.2. The Morgan fingerprint density at radius 2 is 2.06 bits per heavy atom. The molecule has 0 aromatic rings. The van der Waals surface area contributed by atoms with Gasteiger partial charge in [0.2, 0.25) is 0 Å². The third-order valence-corrected chi connectivity index (χ3v) is 3.74. The van der Waals surface area contributed by atoms with Crippen molar-refractivity contribution >= 4 is 10.0 Å². The van der Waals surface area contributed by atoms with E-state index in [2.05, 4.69) is 5.32 Å². The fourth-order valence-corrected chi connectivity index (χ4v) is 2.20. The van der Waals surface area contributed by atoms with E-state index in [0.29, 0.717) is 6.42 Å². The lowest BCUT2D eigenvalue weighted by molar-refractivity contribution is -0.0448. The summed E-state index contributed by atoms with van der Waals surface area (Å²) in [6.07, 6.45) is 2.35. The van der Waals surface area contributed by atoms with E-state index in [1.807, 2.05) is 0 Å². The van der Waals surface area contributed by atoms with Crippen LogP contribution in [0.5, 0.6) is 0 Å². The van der Waals surface area contributed by atoms with Crippen LogP contribution in [0, 0.1) is 5.92 Å². The molecule has 1 fully saturated rings. The van der Waals surface area contributed by atoms with Crippen molar-refractivity contribution in [2.24, 2.45) is 5.92 Å². The van der Waals surface area contributed by atoms with Crippen LogP contribution in [-0.2, 0) is 10.0 Å². The lowest BCUT2D eigenvalue weighted by Crippen LogP contribution is -2.38. The van der Waals surface area contributed by atoms with E-state index in [0.717, 1.165) is 25.9 Å². The van der Waals surface area contributed by atoms with Gasteiger partial charge < -0.3 is 5.32 Å². The summed E-state index contributed by atoms with van der Waals surface area (Å²) >= 11 is 0. The standard InChI is InChI=1S/C8H15F3N2O2S/c9-8(10,11)16(14,15)13-5-3-7-2-1-4-12-6-7/h7,12-13H,1-6H2. The van der Waals surface area contributed by atoms with E-state index in [9.17, 15) is 21.6 Å². The van der Waals surface area contributed by atoms with Gasteiger partial charge in [0.25, 0.3) is 0 Å². The minimum Gasteiger partial charge on any atom is -0.316 e. The largest absolute Gasteiger partial charge is 0.511 e. The van der Waals surface area contributed by atoms with Gasteiger partial charge in [-0.3, -0.25) is 0 Å². The molecule has 0 aliphatic carbocycles. The summed E-state index contributed by atoms with van der Waals surface area (Å²) in [6.45, 7) is 1.51. The summed E-state index contributed by atoms with van der Waals surface area (Å²) in [4.78, 5) is 0. The molecule has 1 heterocycles. The molecule has 1 aliphatic heterocycles. The number of hydrogen-bond donors (Lipinski definition) is 2. The Bertz CT molecular complexity index is 310. The van der Waals surface area contributed by atoms with Crippen LogP contribution >= 0.6 is 0 Å². The zero-order valence-electron chi connectivity index (χ0n) is 8.68. The number of alkyl halides is 3. The second-order valence-corrected chi connectivity index (χ2v) is 5.60. The molecule has 0 aromatic heterocycles. The molecule has 16 heavy (non-hydrogen) atoms. The maximum atomic E-state index is 11.9. The van der Waals surface area contributed by atoms with Gasteiger partial charge in [-0.1, -0.05) is 0 Å². The predicted octanol–water partition coefficient (Wildman–Crippen LogP) is 0.815. The van der Waals surface area contributed by atoms with E-state index < -0.39 is 15.5 Å². The Hall–Kier alpha value is -0.340. The van der Waals surface area contributed by atoms with Crippen molar-refractivity contribution in [1.29, 1.82) is 0 Å². The Kier molecular flexibility index (Phi) is 4.57. The van der Waals surface area contributed by atoms with Crippen LogP contribution in [0.25, 0.3) is 0 Å². The molecule has 0 amide bonds. The topological polar surface area (TPSA) is 58.2 Å². The minimum absolute atomic E-state index is 0.159. The Morgan fingerprint density at radius 3 is 2.56 bits per heavy atom. The highest BCUT2D eigenvalue weighted by molar-refractivity contribution is 7.90. The van der Waals surface area contributed by atoms with Crippen molar-refractivity contribution in [2.75, 3.05) is 19.6 Å². The fraction of sp³-hybridized carbons (Fsp3) is 1.00. The number of halogens is 3. The fourth-order valence-electron chi connectivity index (χ4n) is 1.65. The van der Waals surface area contributed by atoms with E-state index in [1.165, 1.54) is 0 Å². The first kappa shape index (κ1) is 13.7. The molecule has 4 nitrogen and oxygen atoms in total. The van der Waals surface area contributed by atoms with Crippen molar-refractivity contribution in [3.8, 4) is 0 Å². The molecule has 1 atom stereocenters. The molecule has 0 radical (unpaired) electrons. The maximum Gasteiger partial charge on any atom is 0.511 e. The SMILES string of the molecule is O=S(=O)(NCCC1CCCNC1)C(F)(F)F. The first-order chi connectivity index (χ1) is 7.33. The van der Waals surface area contributed by atoms with Gasteiger partial charge >= 0.3 is 15.5 Å². The van der Waals surface area contributed by atoms with E-state index in [1.54, 1.807) is 4.72 Å². The first-order valence-electron chi connectivity index (χ1n) is 5.09. The van der Waals surface area contributed by atoms with Crippen LogP contribution in [0.4, 0.5) is 13.2 Å². The van der Waals surface area contributed by atoms with Crippen LogP contribution in [-0.4, -0.2) is 33.6 Å². The van der Waals surface area contributed by atoms with Crippen molar-refractivity contribution in [3.63, 3.8) is 0 Å². The molecule has 1 saturated heterocycles. The molecular weight excluding hydrogens is 245 g/mol. The molecule has 0 saturated carbocycles. The molecule has 96 valence electrons. The normalized spacial score (nSPS) is 23.3.